The number of aromatic nitrogens is 3. The van der Waals surface area contributed by atoms with Crippen LogP contribution in [-0.4, -0.2) is 14.5 Å². The molecule has 3 aliphatic rings. The van der Waals surface area contributed by atoms with Crippen LogP contribution in [0, 0.1) is 17.8 Å². The molecule has 0 bridgehead atoms. The van der Waals surface area contributed by atoms with Crippen LogP contribution in [0.15, 0.2) is 182 Å². The van der Waals surface area contributed by atoms with Crippen LogP contribution < -0.4 is 0 Å². The Hall–Kier alpha value is -6.62. The molecule has 3 atom stereocenters. The van der Waals surface area contributed by atoms with Gasteiger partial charge in [0.1, 0.15) is 0 Å². The Morgan fingerprint density at radius 2 is 1.36 bits per heavy atom. The van der Waals surface area contributed by atoms with E-state index in [9.17, 15) is 0 Å². The second-order valence-electron chi connectivity index (χ2n) is 16.6. The van der Waals surface area contributed by atoms with Gasteiger partial charge in [-0.05, 0) is 82.0 Å². The quantitative estimate of drug-likeness (QED) is 0.174. The van der Waals surface area contributed by atoms with E-state index in [2.05, 4.69) is 200 Å². The lowest BCUT2D eigenvalue weighted by Gasteiger charge is -2.42. The fraction of sp³-hybridized carbons (Fsp3) is 0.127. The Morgan fingerprint density at radius 3 is 2.15 bits per heavy atom. The number of fused-ring (bicyclic) bond motifs is 10. The van der Waals surface area contributed by atoms with Crippen molar-refractivity contribution < 1.29 is 0 Å². The van der Waals surface area contributed by atoms with Gasteiger partial charge in [-0.25, -0.2) is 9.97 Å². The number of allylic oxidation sites excluding steroid dienone is 8. The third kappa shape index (κ3) is 5.06. The molecule has 0 aliphatic heterocycles. The fourth-order valence-corrected chi connectivity index (χ4v) is 11.7. The van der Waals surface area contributed by atoms with Crippen LogP contribution in [0.4, 0.5) is 0 Å². The van der Waals surface area contributed by atoms with Crippen molar-refractivity contribution in [2.75, 3.05) is 0 Å². The standard InChI is InChI=1S/C55H41N3S/c1-34-15-14-19-37(31-34)47-33-46(36-17-4-3-5-18-36)56-54(57-47)58-48-29-30-51-53(42-22-9-13-26-50(42)59-51)52(48)41-28-27-38(32-49(41)58)55(43-23-10-6-16-35(43)2)44-24-11-7-20-39(44)40-21-8-12-25-45(40)55/h3-14,16-35,43H,15H2,1-2H3. The van der Waals surface area contributed by atoms with Crippen molar-refractivity contribution in [2.24, 2.45) is 17.8 Å². The molecule has 3 aliphatic carbocycles. The van der Waals surface area contributed by atoms with E-state index in [0.717, 1.165) is 40.0 Å². The van der Waals surface area contributed by atoms with Gasteiger partial charge in [-0.3, -0.25) is 4.57 Å². The van der Waals surface area contributed by atoms with Crippen molar-refractivity contribution in [1.82, 2.24) is 14.5 Å². The average molecular weight is 776 g/mol. The van der Waals surface area contributed by atoms with E-state index in [0.29, 0.717) is 17.8 Å². The summed E-state index contributed by atoms with van der Waals surface area (Å²) in [7, 11) is 0. The Balaban J connectivity index is 1.22. The van der Waals surface area contributed by atoms with Gasteiger partial charge in [0.2, 0.25) is 5.95 Å². The van der Waals surface area contributed by atoms with E-state index in [4.69, 9.17) is 9.97 Å². The average Bonchev–Trinajstić information content (AvgIpc) is 3.93. The molecule has 3 unspecified atom stereocenters. The van der Waals surface area contributed by atoms with Gasteiger partial charge in [-0.2, -0.15) is 0 Å². The maximum absolute atomic E-state index is 5.52. The van der Waals surface area contributed by atoms with Crippen LogP contribution in [0.5, 0.6) is 0 Å². The summed E-state index contributed by atoms with van der Waals surface area (Å²) in [5.41, 5.74) is 12.5. The number of nitrogens with zero attached hydrogens (tertiary/aromatic N) is 3. The summed E-state index contributed by atoms with van der Waals surface area (Å²) in [5.74, 6) is 1.62. The smallest absolute Gasteiger partial charge is 0.235 e. The van der Waals surface area contributed by atoms with Gasteiger partial charge in [0.05, 0.1) is 27.8 Å². The number of hydrogen-bond acceptors (Lipinski definition) is 3. The van der Waals surface area contributed by atoms with Gasteiger partial charge < -0.3 is 0 Å². The first-order chi connectivity index (χ1) is 29.1. The number of hydrogen-bond donors (Lipinski definition) is 0. The first kappa shape index (κ1) is 34.4. The molecule has 0 spiro atoms. The summed E-state index contributed by atoms with van der Waals surface area (Å²) < 4.78 is 4.95. The van der Waals surface area contributed by atoms with Crippen molar-refractivity contribution in [3.8, 4) is 28.3 Å². The first-order valence-corrected chi connectivity index (χ1v) is 21.7. The van der Waals surface area contributed by atoms with E-state index in [1.54, 1.807) is 0 Å². The van der Waals surface area contributed by atoms with Crippen LogP contribution in [-0.2, 0) is 5.41 Å². The third-order valence-electron chi connectivity index (χ3n) is 13.2. The summed E-state index contributed by atoms with van der Waals surface area (Å²) in [4.78, 5) is 11.0. The highest BCUT2D eigenvalue weighted by molar-refractivity contribution is 7.26. The predicted molar refractivity (Wildman–Crippen MR) is 248 cm³/mol. The lowest BCUT2D eigenvalue weighted by Crippen LogP contribution is -2.38. The molecule has 0 saturated carbocycles. The topological polar surface area (TPSA) is 30.7 Å². The van der Waals surface area contributed by atoms with Crippen LogP contribution >= 0.6 is 11.3 Å². The minimum absolute atomic E-state index is 0.191. The van der Waals surface area contributed by atoms with Gasteiger partial charge in [0.25, 0.3) is 0 Å². The molecule has 4 heteroatoms. The maximum Gasteiger partial charge on any atom is 0.235 e. The number of benzene rings is 6. The second-order valence-corrected chi connectivity index (χ2v) is 17.7. The minimum atomic E-state index is -0.431. The van der Waals surface area contributed by atoms with Gasteiger partial charge in [0.15, 0.2) is 0 Å². The van der Waals surface area contributed by atoms with Crippen molar-refractivity contribution in [3.05, 3.63) is 204 Å². The second kappa shape index (κ2) is 13.2. The Morgan fingerprint density at radius 1 is 0.627 bits per heavy atom. The SMILES string of the molecule is CC1C=C(c2cc(-c3ccccc3)nc(-n3c4cc(C5(C6C=CC=CC6C)c6ccccc6-c6ccccc65)ccc4c4c5c(ccc43)sc3ccccc35)n2)C=CC1. The van der Waals surface area contributed by atoms with E-state index < -0.39 is 5.41 Å². The van der Waals surface area contributed by atoms with Crippen molar-refractivity contribution >= 4 is 58.9 Å². The molecule has 6 aromatic carbocycles. The highest BCUT2D eigenvalue weighted by Gasteiger charge is 2.50. The molecule has 282 valence electrons. The van der Waals surface area contributed by atoms with Gasteiger partial charge >= 0.3 is 0 Å². The summed E-state index contributed by atoms with van der Waals surface area (Å²) in [6.07, 6.45) is 17.2. The highest BCUT2D eigenvalue weighted by Crippen LogP contribution is 2.59. The predicted octanol–water partition coefficient (Wildman–Crippen LogP) is 14.3. The number of thiophene rings is 1. The van der Waals surface area contributed by atoms with E-state index >= 15 is 0 Å². The van der Waals surface area contributed by atoms with E-state index in [-0.39, 0.29) is 5.92 Å². The molecule has 0 fully saturated rings. The zero-order valence-corrected chi connectivity index (χ0v) is 33.8. The van der Waals surface area contributed by atoms with E-state index in [1.807, 2.05) is 11.3 Å². The summed E-state index contributed by atoms with van der Waals surface area (Å²) in [6.45, 7) is 4.66. The van der Waals surface area contributed by atoms with Crippen molar-refractivity contribution in [2.45, 2.75) is 25.7 Å². The molecular formula is C55H41N3S. The number of rotatable bonds is 5. The zero-order chi connectivity index (χ0) is 39.2. The van der Waals surface area contributed by atoms with Gasteiger partial charge in [-0.1, -0.05) is 166 Å². The molecule has 12 rings (SSSR count). The normalized spacial score (nSPS) is 19.2. The lowest BCUT2D eigenvalue weighted by molar-refractivity contribution is 0.374. The van der Waals surface area contributed by atoms with Crippen LogP contribution in [0.1, 0.15) is 42.7 Å². The first-order valence-electron chi connectivity index (χ1n) is 20.8. The fourth-order valence-electron chi connectivity index (χ4n) is 10.6. The Bertz CT molecular complexity index is 3260. The molecular weight excluding hydrogens is 735 g/mol. The largest absolute Gasteiger partial charge is 0.278 e. The van der Waals surface area contributed by atoms with Crippen LogP contribution in [0.3, 0.4) is 0 Å². The lowest BCUT2D eigenvalue weighted by atomic mass is 9.60. The monoisotopic (exact) mass is 775 g/mol. The molecule has 59 heavy (non-hydrogen) atoms. The Kier molecular flexibility index (Phi) is 7.70. The summed E-state index contributed by atoms with van der Waals surface area (Å²) >= 11 is 1.87. The van der Waals surface area contributed by atoms with Crippen LogP contribution in [0.25, 0.3) is 75.9 Å². The van der Waals surface area contributed by atoms with Gasteiger partial charge in [-0.15, -0.1) is 11.3 Å². The molecule has 3 aromatic heterocycles. The summed E-state index contributed by atoms with van der Waals surface area (Å²) in [6, 6.07) is 51.7. The summed E-state index contributed by atoms with van der Waals surface area (Å²) in [5, 5.41) is 5.04. The third-order valence-corrected chi connectivity index (χ3v) is 14.3. The molecule has 3 heterocycles. The Labute approximate surface area is 348 Å². The molecule has 0 amide bonds. The van der Waals surface area contributed by atoms with Crippen LogP contribution in [0.2, 0.25) is 0 Å². The van der Waals surface area contributed by atoms with Gasteiger partial charge in [0, 0.05) is 42.4 Å². The minimum Gasteiger partial charge on any atom is -0.278 e. The zero-order valence-electron chi connectivity index (χ0n) is 33.0. The van der Waals surface area contributed by atoms with Crippen molar-refractivity contribution in [1.29, 1.82) is 0 Å². The molecule has 0 radical (unpaired) electrons. The highest BCUT2D eigenvalue weighted by atomic mass is 32.1. The molecule has 0 saturated heterocycles. The maximum atomic E-state index is 5.52. The molecule has 3 nitrogen and oxygen atoms in total. The molecule has 0 N–H and O–H groups in total. The molecule has 9 aromatic rings. The van der Waals surface area contributed by atoms with Crippen molar-refractivity contribution in [3.63, 3.8) is 0 Å². The van der Waals surface area contributed by atoms with E-state index in [1.165, 1.54) is 58.8 Å².